The maximum atomic E-state index is 12.4. The number of aromatic amines is 2. The van der Waals surface area contributed by atoms with E-state index in [-0.39, 0.29) is 11.6 Å². The van der Waals surface area contributed by atoms with Crippen LogP contribution in [-0.4, -0.2) is 64.1 Å². The second-order valence-corrected chi connectivity index (χ2v) is 7.36. The molecule has 4 atom stereocenters. The van der Waals surface area contributed by atoms with E-state index < -0.39 is 0 Å². The summed E-state index contributed by atoms with van der Waals surface area (Å²) in [5, 5.41) is 6.17. The third-order valence-electron chi connectivity index (χ3n) is 5.76. The van der Waals surface area contributed by atoms with Gasteiger partial charge in [0.15, 0.2) is 0 Å². The van der Waals surface area contributed by atoms with Crippen molar-refractivity contribution in [2.24, 2.45) is 11.8 Å². The van der Waals surface area contributed by atoms with E-state index in [1.54, 1.807) is 0 Å². The lowest BCUT2D eigenvalue weighted by Gasteiger charge is -2.27. The first-order valence-electron chi connectivity index (χ1n) is 8.49. The summed E-state index contributed by atoms with van der Waals surface area (Å²) in [5.41, 5.74) is -0.320. The van der Waals surface area contributed by atoms with Gasteiger partial charge in [-0.3, -0.25) is 9.78 Å². The van der Waals surface area contributed by atoms with Crippen molar-refractivity contribution < 1.29 is 4.79 Å². The van der Waals surface area contributed by atoms with E-state index in [4.69, 9.17) is 0 Å². The Kier molecular flexibility index (Phi) is 4.57. The molecule has 0 radical (unpaired) electrons. The van der Waals surface area contributed by atoms with Gasteiger partial charge in [0.1, 0.15) is 5.82 Å². The molecule has 0 spiro atoms. The molecule has 0 bridgehead atoms. The van der Waals surface area contributed by atoms with Gasteiger partial charge in [0.05, 0.1) is 0 Å². The number of rotatable bonds is 5. The van der Waals surface area contributed by atoms with Gasteiger partial charge < -0.3 is 9.80 Å². The highest BCUT2D eigenvalue weighted by Crippen LogP contribution is 2.46. The van der Waals surface area contributed by atoms with Gasteiger partial charge >= 0.3 is 5.69 Å². The van der Waals surface area contributed by atoms with Crippen LogP contribution in [0.25, 0.3) is 0 Å². The molecule has 7 nitrogen and oxygen atoms in total. The first-order chi connectivity index (χ1) is 10.9. The molecular formula is C16H27N5O2. The third-order valence-corrected chi connectivity index (χ3v) is 5.76. The molecule has 7 heteroatoms. The number of H-pyrrole nitrogens is 2. The number of nitrogens with one attached hydrogen (secondary N) is 2. The van der Waals surface area contributed by atoms with Crippen molar-refractivity contribution in [2.75, 3.05) is 21.1 Å². The topological polar surface area (TPSA) is 85.1 Å². The second kappa shape index (κ2) is 6.47. The number of hydrogen-bond donors (Lipinski definition) is 2. The summed E-state index contributed by atoms with van der Waals surface area (Å²) in [6, 6.07) is 1.09. The molecule has 0 aliphatic heterocycles. The molecule has 0 saturated heterocycles. The van der Waals surface area contributed by atoms with Crippen LogP contribution in [0.4, 0.5) is 0 Å². The highest BCUT2D eigenvalue weighted by atomic mass is 16.2. The summed E-state index contributed by atoms with van der Waals surface area (Å²) >= 11 is 0. The molecule has 0 aromatic carbocycles. The van der Waals surface area contributed by atoms with Gasteiger partial charge in [-0.25, -0.2) is 9.89 Å². The van der Waals surface area contributed by atoms with Crippen LogP contribution < -0.4 is 5.69 Å². The number of carbonyl (C=O) groups is 1. The number of fused-ring (bicyclic) bond motifs is 1. The zero-order chi connectivity index (χ0) is 16.6. The van der Waals surface area contributed by atoms with E-state index in [2.05, 4.69) is 34.2 Å². The van der Waals surface area contributed by atoms with Crippen molar-refractivity contribution in [3.63, 3.8) is 0 Å². The SMILES string of the molecule is CN(C)C1C[C@@H]2CC(N(C)C(=O)CCc3n[nH]c(=O)[nH]3)C[C@@H]2C1. The molecule has 2 N–H and O–H groups in total. The summed E-state index contributed by atoms with van der Waals surface area (Å²) < 4.78 is 0. The first-order valence-corrected chi connectivity index (χ1v) is 8.49. The van der Waals surface area contributed by atoms with Gasteiger partial charge in [-0.05, 0) is 51.6 Å². The summed E-state index contributed by atoms with van der Waals surface area (Å²) in [5.74, 6) is 2.23. The molecule has 2 aliphatic carbocycles. The fourth-order valence-corrected chi connectivity index (χ4v) is 4.32. The number of carbonyl (C=O) groups excluding carboxylic acids is 1. The average Bonchev–Trinajstić information content (AvgIpc) is 3.17. The van der Waals surface area contributed by atoms with Crippen molar-refractivity contribution in [3.05, 3.63) is 16.3 Å². The van der Waals surface area contributed by atoms with Crippen molar-refractivity contribution in [1.82, 2.24) is 25.0 Å². The van der Waals surface area contributed by atoms with Crippen LogP contribution >= 0.6 is 0 Å². The van der Waals surface area contributed by atoms with E-state index >= 15 is 0 Å². The Balaban J connectivity index is 1.49. The van der Waals surface area contributed by atoms with Crippen molar-refractivity contribution in [2.45, 2.75) is 50.6 Å². The predicted molar refractivity (Wildman–Crippen MR) is 87.0 cm³/mol. The quantitative estimate of drug-likeness (QED) is 0.832. The van der Waals surface area contributed by atoms with Crippen LogP contribution in [0.3, 0.4) is 0 Å². The summed E-state index contributed by atoms with van der Waals surface area (Å²) in [6.07, 6.45) is 5.68. The molecule has 1 aromatic rings. The lowest BCUT2D eigenvalue weighted by molar-refractivity contribution is -0.132. The van der Waals surface area contributed by atoms with Crippen LogP contribution in [-0.2, 0) is 11.2 Å². The Morgan fingerprint density at radius 1 is 1.13 bits per heavy atom. The molecule has 2 aliphatic rings. The Morgan fingerprint density at radius 3 is 2.26 bits per heavy atom. The van der Waals surface area contributed by atoms with Gasteiger partial charge in [0.2, 0.25) is 5.91 Å². The molecule has 1 aromatic heterocycles. The molecule has 1 heterocycles. The van der Waals surface area contributed by atoms with Gasteiger partial charge in [-0.2, -0.15) is 5.10 Å². The monoisotopic (exact) mass is 321 g/mol. The third kappa shape index (κ3) is 3.49. The van der Waals surface area contributed by atoms with E-state index in [0.717, 1.165) is 24.7 Å². The fourth-order valence-electron chi connectivity index (χ4n) is 4.32. The smallest absolute Gasteiger partial charge is 0.340 e. The van der Waals surface area contributed by atoms with Crippen LogP contribution in [0, 0.1) is 11.8 Å². The Hall–Kier alpha value is -1.63. The molecule has 2 fully saturated rings. The van der Waals surface area contributed by atoms with Crippen molar-refractivity contribution >= 4 is 5.91 Å². The highest BCUT2D eigenvalue weighted by Gasteiger charge is 2.43. The van der Waals surface area contributed by atoms with E-state index in [9.17, 15) is 9.59 Å². The van der Waals surface area contributed by atoms with E-state index in [1.807, 2.05) is 11.9 Å². The number of amides is 1. The minimum atomic E-state index is -0.320. The molecule has 2 saturated carbocycles. The van der Waals surface area contributed by atoms with Crippen LogP contribution in [0.15, 0.2) is 4.79 Å². The van der Waals surface area contributed by atoms with Gasteiger partial charge in [0.25, 0.3) is 0 Å². The standard InChI is InChI=1S/C16H27N5O2/c1-20(2)12-6-10-8-13(9-11(10)7-12)21(3)15(22)5-4-14-17-16(23)19-18-14/h10-13H,4-9H2,1-3H3,(H2,17,18,19,23)/t10-,11+,12?,13?. The minimum absolute atomic E-state index is 0.142. The second-order valence-electron chi connectivity index (χ2n) is 7.36. The molecule has 23 heavy (non-hydrogen) atoms. The van der Waals surface area contributed by atoms with Crippen molar-refractivity contribution in [1.29, 1.82) is 0 Å². The number of aromatic nitrogens is 3. The van der Waals surface area contributed by atoms with E-state index in [0.29, 0.717) is 30.7 Å². The molecule has 3 rings (SSSR count). The predicted octanol–water partition coefficient (Wildman–Crippen LogP) is 0.608. The van der Waals surface area contributed by atoms with Gasteiger partial charge in [-0.1, -0.05) is 0 Å². The van der Waals surface area contributed by atoms with Gasteiger partial charge in [0, 0.05) is 32.0 Å². The average molecular weight is 321 g/mol. The number of aryl methyl sites for hydroxylation is 1. The Morgan fingerprint density at radius 2 is 1.74 bits per heavy atom. The van der Waals surface area contributed by atoms with Crippen LogP contribution in [0.2, 0.25) is 0 Å². The summed E-state index contributed by atoms with van der Waals surface area (Å²) in [6.45, 7) is 0. The Labute approximate surface area is 136 Å². The Bertz CT molecular complexity index is 594. The highest BCUT2D eigenvalue weighted by molar-refractivity contribution is 5.76. The fraction of sp³-hybridized carbons (Fsp3) is 0.812. The molecule has 2 unspecified atom stereocenters. The molecular weight excluding hydrogens is 294 g/mol. The van der Waals surface area contributed by atoms with Crippen LogP contribution in [0.5, 0.6) is 0 Å². The van der Waals surface area contributed by atoms with Crippen molar-refractivity contribution in [3.8, 4) is 0 Å². The number of nitrogens with zero attached hydrogens (tertiary/aromatic N) is 3. The molecule has 128 valence electrons. The van der Waals surface area contributed by atoms with Crippen LogP contribution in [0.1, 0.15) is 37.9 Å². The first kappa shape index (κ1) is 16.2. The summed E-state index contributed by atoms with van der Waals surface area (Å²) in [4.78, 5) is 30.2. The lowest BCUT2D eigenvalue weighted by atomic mass is 10.0. The maximum absolute atomic E-state index is 12.4. The zero-order valence-corrected chi connectivity index (χ0v) is 14.2. The normalized spacial score (nSPS) is 29.9. The molecule has 1 amide bonds. The minimum Gasteiger partial charge on any atom is -0.343 e. The largest absolute Gasteiger partial charge is 0.343 e. The van der Waals surface area contributed by atoms with E-state index in [1.165, 1.54) is 12.8 Å². The zero-order valence-electron chi connectivity index (χ0n) is 14.2. The maximum Gasteiger partial charge on any atom is 0.340 e. The number of hydrogen-bond acceptors (Lipinski definition) is 4. The summed E-state index contributed by atoms with van der Waals surface area (Å²) in [7, 11) is 6.25. The lowest BCUT2D eigenvalue weighted by Crippen LogP contribution is -2.36. The van der Waals surface area contributed by atoms with Gasteiger partial charge in [-0.15, -0.1) is 0 Å².